The minimum atomic E-state index is 0.0467. The fourth-order valence-electron chi connectivity index (χ4n) is 3.50. The lowest BCUT2D eigenvalue weighted by atomic mass is 10.1. The number of benzene rings is 1. The molecule has 2 aromatic rings. The minimum absolute atomic E-state index is 0.0467. The molecule has 0 radical (unpaired) electrons. The van der Waals surface area contributed by atoms with Crippen LogP contribution in [0.2, 0.25) is 0 Å². The summed E-state index contributed by atoms with van der Waals surface area (Å²) in [5, 5.41) is 2.04. The zero-order chi connectivity index (χ0) is 17.9. The standard InChI is InChI=1S/C20H22N2O3S/c23-19(6-4-17-2-1-13-26-17)21-8-10-22(11-9-21)20(24)16-3-5-18-15(14-16)7-12-25-18/h1-3,5,13-14H,4,6-12H2. The molecule has 0 N–H and O–H groups in total. The van der Waals surface area contributed by atoms with Crippen molar-refractivity contribution in [3.8, 4) is 5.75 Å². The molecule has 0 unspecified atom stereocenters. The van der Waals surface area contributed by atoms with Gasteiger partial charge in [-0.05, 0) is 41.6 Å². The Hall–Kier alpha value is -2.34. The van der Waals surface area contributed by atoms with Crippen molar-refractivity contribution in [2.24, 2.45) is 0 Å². The van der Waals surface area contributed by atoms with Gasteiger partial charge in [-0.3, -0.25) is 9.59 Å². The van der Waals surface area contributed by atoms with Gasteiger partial charge in [-0.25, -0.2) is 0 Å². The van der Waals surface area contributed by atoms with E-state index in [1.54, 1.807) is 11.3 Å². The Morgan fingerprint density at radius 3 is 2.65 bits per heavy atom. The highest BCUT2D eigenvalue weighted by Gasteiger charge is 2.25. The molecule has 1 aromatic carbocycles. The van der Waals surface area contributed by atoms with E-state index in [-0.39, 0.29) is 11.8 Å². The molecule has 1 fully saturated rings. The van der Waals surface area contributed by atoms with E-state index in [2.05, 4.69) is 6.07 Å². The van der Waals surface area contributed by atoms with Crippen molar-refractivity contribution in [2.75, 3.05) is 32.8 Å². The van der Waals surface area contributed by atoms with Crippen LogP contribution in [0, 0.1) is 0 Å². The fourth-order valence-corrected chi connectivity index (χ4v) is 4.21. The molecule has 136 valence electrons. The summed E-state index contributed by atoms with van der Waals surface area (Å²) in [4.78, 5) is 30.1. The fraction of sp³-hybridized carbons (Fsp3) is 0.400. The molecule has 2 aliphatic rings. The van der Waals surface area contributed by atoms with E-state index in [4.69, 9.17) is 4.74 Å². The molecule has 0 spiro atoms. The van der Waals surface area contributed by atoms with Crippen molar-refractivity contribution in [1.29, 1.82) is 0 Å². The number of rotatable bonds is 4. The van der Waals surface area contributed by atoms with Crippen LogP contribution in [-0.2, 0) is 17.6 Å². The van der Waals surface area contributed by atoms with Crippen LogP contribution in [0.5, 0.6) is 5.75 Å². The van der Waals surface area contributed by atoms with Gasteiger partial charge in [0.15, 0.2) is 0 Å². The third-order valence-corrected chi connectivity index (χ3v) is 5.96. The summed E-state index contributed by atoms with van der Waals surface area (Å²) < 4.78 is 5.50. The molecular formula is C20H22N2O3S. The molecule has 3 heterocycles. The number of ether oxygens (including phenoxy) is 1. The predicted molar refractivity (Wildman–Crippen MR) is 101 cm³/mol. The first-order valence-corrected chi connectivity index (χ1v) is 9.94. The van der Waals surface area contributed by atoms with Crippen LogP contribution in [0.15, 0.2) is 35.7 Å². The Kier molecular flexibility index (Phi) is 4.93. The molecule has 2 amide bonds. The average molecular weight is 370 g/mol. The summed E-state index contributed by atoms with van der Waals surface area (Å²) in [7, 11) is 0. The number of hydrogen-bond donors (Lipinski definition) is 0. The van der Waals surface area contributed by atoms with Crippen molar-refractivity contribution in [3.63, 3.8) is 0 Å². The van der Waals surface area contributed by atoms with Gasteiger partial charge in [0, 0.05) is 49.5 Å². The summed E-state index contributed by atoms with van der Waals surface area (Å²) >= 11 is 1.69. The van der Waals surface area contributed by atoms with E-state index < -0.39 is 0 Å². The third kappa shape index (κ3) is 3.60. The van der Waals surface area contributed by atoms with Gasteiger partial charge in [-0.2, -0.15) is 0 Å². The number of nitrogens with zero attached hydrogens (tertiary/aromatic N) is 2. The first-order chi connectivity index (χ1) is 12.7. The maximum absolute atomic E-state index is 12.7. The Bertz CT molecular complexity index is 795. The highest BCUT2D eigenvalue weighted by Crippen LogP contribution is 2.26. The Morgan fingerprint density at radius 1 is 1.08 bits per heavy atom. The van der Waals surface area contributed by atoms with E-state index in [1.165, 1.54) is 4.88 Å². The lowest BCUT2D eigenvalue weighted by Gasteiger charge is -2.35. The van der Waals surface area contributed by atoms with Gasteiger partial charge < -0.3 is 14.5 Å². The first kappa shape index (κ1) is 17.1. The summed E-state index contributed by atoms with van der Waals surface area (Å²) in [6.45, 7) is 3.11. The maximum atomic E-state index is 12.7. The number of carbonyl (C=O) groups excluding carboxylic acids is 2. The molecule has 0 bridgehead atoms. The number of hydrogen-bond acceptors (Lipinski definition) is 4. The molecule has 0 atom stereocenters. The van der Waals surface area contributed by atoms with Gasteiger partial charge in [-0.15, -0.1) is 11.3 Å². The maximum Gasteiger partial charge on any atom is 0.253 e. The third-order valence-electron chi connectivity index (χ3n) is 5.02. The van der Waals surface area contributed by atoms with Crippen molar-refractivity contribution in [3.05, 3.63) is 51.7 Å². The molecule has 5 nitrogen and oxygen atoms in total. The van der Waals surface area contributed by atoms with E-state index in [0.717, 1.165) is 24.2 Å². The summed E-state index contributed by atoms with van der Waals surface area (Å²) in [5.41, 5.74) is 1.82. The highest BCUT2D eigenvalue weighted by atomic mass is 32.1. The van der Waals surface area contributed by atoms with Crippen LogP contribution in [0.1, 0.15) is 27.2 Å². The van der Waals surface area contributed by atoms with E-state index in [1.807, 2.05) is 39.4 Å². The number of amides is 2. The summed E-state index contributed by atoms with van der Waals surface area (Å²) in [6, 6.07) is 9.75. The van der Waals surface area contributed by atoms with E-state index in [9.17, 15) is 9.59 Å². The summed E-state index contributed by atoms with van der Waals surface area (Å²) in [5.74, 6) is 1.12. The second-order valence-electron chi connectivity index (χ2n) is 6.67. The van der Waals surface area contributed by atoms with Crippen LogP contribution in [0.25, 0.3) is 0 Å². The van der Waals surface area contributed by atoms with Gasteiger partial charge >= 0.3 is 0 Å². The van der Waals surface area contributed by atoms with Crippen molar-refractivity contribution in [1.82, 2.24) is 9.80 Å². The summed E-state index contributed by atoms with van der Waals surface area (Å²) in [6.07, 6.45) is 2.20. The molecular weight excluding hydrogens is 348 g/mol. The number of aryl methyl sites for hydroxylation is 1. The molecule has 2 aliphatic heterocycles. The Morgan fingerprint density at radius 2 is 1.88 bits per heavy atom. The van der Waals surface area contributed by atoms with Gasteiger partial charge in [0.25, 0.3) is 5.91 Å². The molecule has 26 heavy (non-hydrogen) atoms. The second-order valence-corrected chi connectivity index (χ2v) is 7.71. The number of thiophene rings is 1. The lowest BCUT2D eigenvalue weighted by Crippen LogP contribution is -2.50. The topological polar surface area (TPSA) is 49.9 Å². The van der Waals surface area contributed by atoms with Crippen LogP contribution >= 0.6 is 11.3 Å². The highest BCUT2D eigenvalue weighted by molar-refractivity contribution is 7.09. The minimum Gasteiger partial charge on any atom is -0.493 e. The molecule has 0 aliphatic carbocycles. The quantitative estimate of drug-likeness (QED) is 0.831. The molecule has 1 saturated heterocycles. The Labute approximate surface area is 157 Å². The SMILES string of the molecule is O=C(CCc1cccs1)N1CCN(C(=O)c2ccc3c(c2)CCO3)CC1. The molecule has 4 rings (SSSR count). The Balaban J connectivity index is 1.30. The number of carbonyl (C=O) groups is 2. The van der Waals surface area contributed by atoms with Gasteiger partial charge in [-0.1, -0.05) is 6.07 Å². The van der Waals surface area contributed by atoms with Crippen molar-refractivity contribution >= 4 is 23.2 Å². The van der Waals surface area contributed by atoms with Gasteiger partial charge in [0.2, 0.25) is 5.91 Å². The lowest BCUT2D eigenvalue weighted by molar-refractivity contribution is -0.132. The second kappa shape index (κ2) is 7.50. The average Bonchev–Trinajstić information content (AvgIpc) is 3.36. The zero-order valence-electron chi connectivity index (χ0n) is 14.6. The monoisotopic (exact) mass is 370 g/mol. The van der Waals surface area contributed by atoms with Crippen LogP contribution in [0.4, 0.5) is 0 Å². The van der Waals surface area contributed by atoms with Crippen LogP contribution in [0.3, 0.4) is 0 Å². The number of fused-ring (bicyclic) bond motifs is 1. The van der Waals surface area contributed by atoms with E-state index >= 15 is 0 Å². The largest absolute Gasteiger partial charge is 0.493 e. The van der Waals surface area contributed by atoms with Crippen LogP contribution < -0.4 is 4.74 Å². The van der Waals surface area contributed by atoms with E-state index in [0.29, 0.717) is 44.8 Å². The molecule has 1 aromatic heterocycles. The normalized spacial score (nSPS) is 16.3. The molecule has 6 heteroatoms. The van der Waals surface area contributed by atoms with Gasteiger partial charge in [0.05, 0.1) is 6.61 Å². The number of piperazine rings is 1. The van der Waals surface area contributed by atoms with Gasteiger partial charge in [0.1, 0.15) is 5.75 Å². The zero-order valence-corrected chi connectivity index (χ0v) is 15.5. The van der Waals surface area contributed by atoms with Crippen LogP contribution in [-0.4, -0.2) is 54.4 Å². The van der Waals surface area contributed by atoms with Crippen molar-refractivity contribution in [2.45, 2.75) is 19.3 Å². The first-order valence-electron chi connectivity index (χ1n) is 9.06. The smallest absolute Gasteiger partial charge is 0.253 e. The van der Waals surface area contributed by atoms with Crippen molar-refractivity contribution < 1.29 is 14.3 Å². The predicted octanol–water partition coefficient (Wildman–Crippen LogP) is 2.60. The molecule has 0 saturated carbocycles.